The van der Waals surface area contributed by atoms with Crippen LogP contribution in [0.25, 0.3) is 0 Å². The van der Waals surface area contributed by atoms with Gasteiger partial charge in [0.05, 0.1) is 31.3 Å². The van der Waals surface area contributed by atoms with Gasteiger partial charge in [0, 0.05) is 17.8 Å². The molecule has 7 nitrogen and oxygen atoms in total. The Morgan fingerprint density at radius 3 is 2.56 bits per heavy atom. The number of carbonyl (C=O) groups is 2. The number of methoxy groups -OCH3 is 2. The third-order valence-electron chi connectivity index (χ3n) is 4.56. The second-order valence-electron chi connectivity index (χ2n) is 6.14. The number of nitrogens with one attached hydrogen (secondary N) is 1. The molecule has 0 radical (unpaired) electrons. The molecule has 0 aliphatic carbocycles. The summed E-state index contributed by atoms with van der Waals surface area (Å²) in [7, 11) is 2.80. The van der Waals surface area contributed by atoms with E-state index in [0.717, 1.165) is 6.42 Å². The van der Waals surface area contributed by atoms with Crippen LogP contribution >= 0.6 is 0 Å². The number of amides is 1. The van der Waals surface area contributed by atoms with Gasteiger partial charge < -0.3 is 29.6 Å². The molecule has 0 spiro atoms. The van der Waals surface area contributed by atoms with Crippen molar-refractivity contribution in [1.82, 2.24) is 4.90 Å². The Kier molecular flexibility index (Phi) is 5.21. The van der Waals surface area contributed by atoms with Gasteiger partial charge >= 0.3 is 0 Å². The lowest BCUT2D eigenvalue weighted by Crippen LogP contribution is -2.44. The highest BCUT2D eigenvalue weighted by Crippen LogP contribution is 2.40. The molecule has 1 atom stereocenters. The predicted molar refractivity (Wildman–Crippen MR) is 98.0 cm³/mol. The van der Waals surface area contributed by atoms with E-state index in [1.807, 2.05) is 13.0 Å². The fourth-order valence-corrected chi connectivity index (χ4v) is 3.39. The number of anilines is 1. The van der Waals surface area contributed by atoms with Crippen LogP contribution in [0, 0.1) is 0 Å². The van der Waals surface area contributed by atoms with Crippen LogP contribution in [0.5, 0.6) is 11.5 Å². The Balaban J connectivity index is 2.19. The van der Waals surface area contributed by atoms with Crippen molar-refractivity contribution in [3.8, 4) is 11.5 Å². The van der Waals surface area contributed by atoms with E-state index >= 15 is 0 Å². The molecule has 0 fully saturated rings. The number of aromatic carboxylic acids is 1. The van der Waals surface area contributed by atoms with E-state index in [2.05, 4.69) is 5.32 Å². The van der Waals surface area contributed by atoms with Gasteiger partial charge in [-0.3, -0.25) is 4.79 Å². The van der Waals surface area contributed by atoms with Crippen LogP contribution in [-0.4, -0.2) is 37.5 Å². The minimum Gasteiger partial charge on any atom is -0.545 e. The molecule has 1 aliphatic rings. The molecule has 1 heterocycles. The van der Waals surface area contributed by atoms with E-state index in [4.69, 9.17) is 9.47 Å². The van der Waals surface area contributed by atoms with Crippen molar-refractivity contribution in [2.75, 3.05) is 26.1 Å². The van der Waals surface area contributed by atoms with Gasteiger partial charge in [-0.1, -0.05) is 25.1 Å². The molecule has 27 heavy (non-hydrogen) atoms. The number of hydrogen-bond acceptors (Lipinski definition) is 6. The molecule has 1 amide bonds. The zero-order chi connectivity index (χ0) is 19.6. The van der Waals surface area contributed by atoms with E-state index in [9.17, 15) is 14.7 Å². The van der Waals surface area contributed by atoms with Crippen LogP contribution in [0.3, 0.4) is 0 Å². The third kappa shape index (κ3) is 3.16. The lowest BCUT2D eigenvalue weighted by Gasteiger charge is -2.39. The molecule has 0 bridgehead atoms. The summed E-state index contributed by atoms with van der Waals surface area (Å²) < 4.78 is 10.5. The summed E-state index contributed by atoms with van der Waals surface area (Å²) in [6, 6.07) is 10.4. The zero-order valence-electron chi connectivity index (χ0n) is 15.4. The van der Waals surface area contributed by atoms with E-state index in [1.54, 1.807) is 35.2 Å². The minimum atomic E-state index is -1.40. The summed E-state index contributed by atoms with van der Waals surface area (Å²) in [6.45, 7) is 2.42. The number of fused-ring (bicyclic) bond motifs is 1. The molecular formula is C20H21N2O5-. The first-order chi connectivity index (χ1) is 13.0. The van der Waals surface area contributed by atoms with E-state index in [1.165, 1.54) is 14.2 Å². The fraction of sp³-hybridized carbons (Fsp3) is 0.300. The molecule has 0 saturated heterocycles. The largest absolute Gasteiger partial charge is 0.545 e. The lowest BCUT2D eigenvalue weighted by atomic mass is 9.98. The maximum absolute atomic E-state index is 13.0. The van der Waals surface area contributed by atoms with Gasteiger partial charge in [0.1, 0.15) is 6.17 Å². The van der Waals surface area contributed by atoms with Crippen LogP contribution in [0.2, 0.25) is 0 Å². The number of ether oxygens (including phenoxy) is 2. The van der Waals surface area contributed by atoms with Gasteiger partial charge in [0.2, 0.25) is 0 Å². The molecule has 0 aromatic heterocycles. The molecule has 0 unspecified atom stereocenters. The predicted octanol–water partition coefficient (Wildman–Crippen LogP) is 2.04. The number of nitrogens with zero attached hydrogens (tertiary/aromatic N) is 1. The van der Waals surface area contributed by atoms with Crippen LogP contribution in [-0.2, 0) is 0 Å². The van der Waals surface area contributed by atoms with Gasteiger partial charge in [-0.05, 0) is 24.6 Å². The van der Waals surface area contributed by atoms with Gasteiger partial charge in [-0.25, -0.2) is 0 Å². The normalized spacial score (nSPS) is 15.7. The Hall–Kier alpha value is -3.22. The van der Waals surface area contributed by atoms with Crippen molar-refractivity contribution in [1.29, 1.82) is 0 Å². The highest BCUT2D eigenvalue weighted by atomic mass is 16.5. The van der Waals surface area contributed by atoms with Crippen molar-refractivity contribution >= 4 is 17.6 Å². The standard InChI is InChI=1S/C20H22N2O5/c1-4-11-22-18(21-14-8-6-5-7-12(14)19(22)23)13-9-10-15(26-2)17(27-3)16(13)20(24)25/h5-10,18,21H,4,11H2,1-3H3,(H,24,25)/p-1/t18-/m1/s1. The summed E-state index contributed by atoms with van der Waals surface area (Å²) in [6.07, 6.45) is 0.0556. The first-order valence-corrected chi connectivity index (χ1v) is 8.66. The van der Waals surface area contributed by atoms with Crippen molar-refractivity contribution in [3.63, 3.8) is 0 Å². The molecule has 0 saturated carbocycles. The van der Waals surface area contributed by atoms with Gasteiger partial charge in [0.25, 0.3) is 5.91 Å². The lowest BCUT2D eigenvalue weighted by molar-refractivity contribution is -0.255. The number of carbonyl (C=O) groups excluding carboxylic acids is 2. The third-order valence-corrected chi connectivity index (χ3v) is 4.56. The second-order valence-corrected chi connectivity index (χ2v) is 6.14. The maximum Gasteiger partial charge on any atom is 0.257 e. The number of hydrogen-bond donors (Lipinski definition) is 1. The molecular weight excluding hydrogens is 348 g/mol. The Morgan fingerprint density at radius 2 is 1.93 bits per heavy atom. The quantitative estimate of drug-likeness (QED) is 0.838. The highest BCUT2D eigenvalue weighted by Gasteiger charge is 2.34. The zero-order valence-corrected chi connectivity index (χ0v) is 15.4. The van der Waals surface area contributed by atoms with E-state index in [0.29, 0.717) is 23.4 Å². The monoisotopic (exact) mass is 369 g/mol. The Labute approximate surface area is 157 Å². The highest BCUT2D eigenvalue weighted by molar-refractivity contribution is 6.02. The summed E-state index contributed by atoms with van der Waals surface area (Å²) in [4.78, 5) is 26.6. The topological polar surface area (TPSA) is 90.9 Å². The molecule has 7 heteroatoms. The van der Waals surface area contributed by atoms with Crippen LogP contribution in [0.4, 0.5) is 5.69 Å². The summed E-state index contributed by atoms with van der Waals surface area (Å²) >= 11 is 0. The summed E-state index contributed by atoms with van der Waals surface area (Å²) in [5.74, 6) is -1.20. The first kappa shape index (κ1) is 18.6. The Morgan fingerprint density at radius 1 is 1.19 bits per heavy atom. The Bertz CT molecular complexity index is 881. The van der Waals surface area contributed by atoms with E-state index in [-0.39, 0.29) is 23.0 Å². The number of carboxylic acid groups (broad SMARTS) is 1. The SMILES string of the molecule is CCCN1C(=O)c2ccccc2N[C@H]1c1ccc(OC)c(OC)c1C(=O)[O-]. The van der Waals surface area contributed by atoms with Crippen LogP contribution in [0.1, 0.15) is 45.8 Å². The van der Waals surface area contributed by atoms with Crippen molar-refractivity contribution < 1.29 is 24.2 Å². The van der Waals surface area contributed by atoms with Crippen LogP contribution < -0.4 is 19.9 Å². The van der Waals surface area contributed by atoms with Gasteiger partial charge in [-0.2, -0.15) is 0 Å². The number of para-hydroxylation sites is 1. The van der Waals surface area contributed by atoms with Crippen molar-refractivity contribution in [2.24, 2.45) is 0 Å². The van der Waals surface area contributed by atoms with E-state index < -0.39 is 12.1 Å². The van der Waals surface area contributed by atoms with Crippen molar-refractivity contribution in [3.05, 3.63) is 53.1 Å². The smallest absolute Gasteiger partial charge is 0.257 e. The number of carboxylic acids is 1. The molecule has 1 N–H and O–H groups in total. The summed E-state index contributed by atoms with van der Waals surface area (Å²) in [5.41, 5.74) is 1.45. The average Bonchev–Trinajstić information content (AvgIpc) is 2.68. The molecule has 3 rings (SSSR count). The number of benzene rings is 2. The van der Waals surface area contributed by atoms with Crippen molar-refractivity contribution in [2.45, 2.75) is 19.5 Å². The minimum absolute atomic E-state index is 0.0690. The molecule has 142 valence electrons. The number of rotatable bonds is 6. The van der Waals surface area contributed by atoms with Gasteiger partial charge in [0.15, 0.2) is 11.5 Å². The summed E-state index contributed by atoms with van der Waals surface area (Å²) in [5, 5.41) is 15.2. The van der Waals surface area contributed by atoms with Crippen LogP contribution in [0.15, 0.2) is 36.4 Å². The molecule has 1 aliphatic heterocycles. The van der Waals surface area contributed by atoms with Gasteiger partial charge in [-0.15, -0.1) is 0 Å². The molecule has 2 aromatic carbocycles. The average molecular weight is 369 g/mol. The second kappa shape index (κ2) is 7.57. The molecule has 2 aromatic rings. The first-order valence-electron chi connectivity index (χ1n) is 8.66. The maximum atomic E-state index is 13.0. The fourth-order valence-electron chi connectivity index (χ4n) is 3.39.